The number of rotatable bonds is 3. The van der Waals surface area contributed by atoms with Gasteiger partial charge in [-0.05, 0) is 42.5 Å². The van der Waals surface area contributed by atoms with Crippen molar-refractivity contribution >= 4 is 22.5 Å². The number of hydrogen-bond acceptors (Lipinski definition) is 4. The average Bonchev–Trinajstić information content (AvgIpc) is 3.06. The van der Waals surface area contributed by atoms with Crippen LogP contribution in [-0.4, -0.2) is 14.5 Å². The zero-order valence-electron chi connectivity index (χ0n) is 12.7. The summed E-state index contributed by atoms with van der Waals surface area (Å²) >= 11 is 0. The number of imidazole rings is 1. The molecule has 0 unspecified atom stereocenters. The summed E-state index contributed by atoms with van der Waals surface area (Å²) in [6.07, 6.45) is 3.37. The van der Waals surface area contributed by atoms with Crippen LogP contribution in [-0.2, 0) is 0 Å². The molecule has 0 aliphatic rings. The molecular weight excluding hydrogens is 298 g/mol. The lowest BCUT2D eigenvalue weighted by Crippen LogP contribution is -1.94. The molecule has 0 bridgehead atoms. The van der Waals surface area contributed by atoms with E-state index < -0.39 is 0 Å². The quantitative estimate of drug-likeness (QED) is 0.620. The van der Waals surface area contributed by atoms with E-state index in [0.29, 0.717) is 11.4 Å². The number of aromatic nitrogens is 3. The minimum Gasteiger partial charge on any atom is -0.340 e. The highest BCUT2D eigenvalue weighted by atomic mass is 15.1. The number of pyridine rings is 1. The molecule has 0 spiro atoms. The molecule has 2 heterocycles. The maximum atomic E-state index is 8.81. The van der Waals surface area contributed by atoms with Crippen molar-refractivity contribution in [2.24, 2.45) is 0 Å². The third-order valence-electron chi connectivity index (χ3n) is 3.75. The summed E-state index contributed by atoms with van der Waals surface area (Å²) in [6.45, 7) is 0. The molecule has 0 aliphatic carbocycles. The molecule has 5 nitrogen and oxygen atoms in total. The Kier molecular flexibility index (Phi) is 3.41. The van der Waals surface area contributed by atoms with Crippen LogP contribution in [0.3, 0.4) is 0 Å². The molecule has 2 aromatic heterocycles. The van der Waals surface area contributed by atoms with Crippen LogP contribution in [0.5, 0.6) is 0 Å². The lowest BCUT2D eigenvalue weighted by Gasteiger charge is -2.07. The summed E-state index contributed by atoms with van der Waals surface area (Å²) in [5, 5.41) is 12.0. The number of hydrogen-bond donors (Lipinski definition) is 1. The van der Waals surface area contributed by atoms with Gasteiger partial charge in [0.1, 0.15) is 18.2 Å². The summed E-state index contributed by atoms with van der Waals surface area (Å²) in [6, 6.07) is 21.7. The van der Waals surface area contributed by atoms with Crippen molar-refractivity contribution in [2.45, 2.75) is 0 Å². The van der Waals surface area contributed by atoms with E-state index in [-0.39, 0.29) is 0 Å². The zero-order chi connectivity index (χ0) is 16.4. The molecule has 1 N–H and O–H groups in total. The molecule has 4 aromatic rings. The number of nitrogens with zero attached hydrogens (tertiary/aromatic N) is 4. The second-order valence-electron chi connectivity index (χ2n) is 5.32. The fourth-order valence-corrected chi connectivity index (χ4v) is 2.57. The first-order valence-corrected chi connectivity index (χ1v) is 7.49. The Bertz CT molecular complexity index is 1030. The Balaban J connectivity index is 1.66. The largest absolute Gasteiger partial charge is 0.340 e. The van der Waals surface area contributed by atoms with Gasteiger partial charge in [-0.15, -0.1) is 0 Å². The molecular formula is C19H13N5. The van der Waals surface area contributed by atoms with E-state index in [1.54, 1.807) is 18.3 Å². The minimum absolute atomic E-state index is 0.539. The second kappa shape index (κ2) is 5.86. The minimum atomic E-state index is 0.539. The van der Waals surface area contributed by atoms with Crippen molar-refractivity contribution in [2.75, 3.05) is 5.32 Å². The monoisotopic (exact) mass is 311 g/mol. The van der Waals surface area contributed by atoms with E-state index in [1.165, 1.54) is 0 Å². The van der Waals surface area contributed by atoms with E-state index in [1.807, 2.05) is 54.9 Å². The number of anilines is 2. The highest BCUT2D eigenvalue weighted by Crippen LogP contribution is 2.23. The highest BCUT2D eigenvalue weighted by molar-refractivity contribution is 5.82. The van der Waals surface area contributed by atoms with Crippen molar-refractivity contribution in [3.63, 3.8) is 0 Å². The molecule has 0 radical (unpaired) electrons. The van der Waals surface area contributed by atoms with Gasteiger partial charge in [0.15, 0.2) is 0 Å². The van der Waals surface area contributed by atoms with Crippen molar-refractivity contribution in [3.05, 3.63) is 78.8 Å². The first-order chi connectivity index (χ1) is 11.8. The van der Waals surface area contributed by atoms with Crippen molar-refractivity contribution in [3.8, 4) is 11.8 Å². The summed E-state index contributed by atoms with van der Waals surface area (Å²) in [5.74, 6) is 0.691. The van der Waals surface area contributed by atoms with Crippen LogP contribution in [0.2, 0.25) is 0 Å². The first kappa shape index (κ1) is 14.0. The van der Waals surface area contributed by atoms with Crippen LogP contribution in [0, 0.1) is 11.3 Å². The Morgan fingerprint density at radius 2 is 1.83 bits per heavy atom. The lowest BCUT2D eigenvalue weighted by atomic mass is 10.2. The fourth-order valence-electron chi connectivity index (χ4n) is 2.57. The topological polar surface area (TPSA) is 66.5 Å². The van der Waals surface area contributed by atoms with E-state index in [0.717, 1.165) is 22.4 Å². The van der Waals surface area contributed by atoms with Crippen LogP contribution in [0.1, 0.15) is 5.56 Å². The summed E-state index contributed by atoms with van der Waals surface area (Å²) < 4.78 is 2.05. The van der Waals surface area contributed by atoms with Crippen LogP contribution < -0.4 is 5.32 Å². The SMILES string of the molecule is N#Cc1ccc(Nc2ccc3c(c2)ncn3-c2ccccc2)nc1. The normalized spacial score (nSPS) is 10.5. The van der Waals surface area contributed by atoms with Gasteiger partial charge < -0.3 is 5.32 Å². The highest BCUT2D eigenvalue weighted by Gasteiger charge is 2.06. The molecule has 2 aromatic carbocycles. The van der Waals surface area contributed by atoms with Gasteiger partial charge >= 0.3 is 0 Å². The number of para-hydroxylation sites is 1. The molecule has 0 atom stereocenters. The standard InChI is InChI=1S/C19H13N5/c20-11-14-6-9-19(21-12-14)23-15-7-8-18-17(10-15)22-13-24(18)16-4-2-1-3-5-16/h1-10,12-13H,(H,21,23). The molecule has 0 aliphatic heterocycles. The smallest absolute Gasteiger partial charge is 0.130 e. The zero-order valence-corrected chi connectivity index (χ0v) is 12.7. The van der Waals surface area contributed by atoms with Gasteiger partial charge in [0.25, 0.3) is 0 Å². The molecule has 114 valence electrons. The maximum absolute atomic E-state index is 8.81. The number of fused-ring (bicyclic) bond motifs is 1. The van der Waals surface area contributed by atoms with Crippen LogP contribution >= 0.6 is 0 Å². The van der Waals surface area contributed by atoms with Gasteiger partial charge in [0.2, 0.25) is 0 Å². The Morgan fingerprint density at radius 1 is 0.958 bits per heavy atom. The van der Waals surface area contributed by atoms with E-state index in [9.17, 15) is 0 Å². The van der Waals surface area contributed by atoms with Crippen molar-refractivity contribution in [1.29, 1.82) is 5.26 Å². The van der Waals surface area contributed by atoms with E-state index in [2.05, 4.69) is 25.9 Å². The summed E-state index contributed by atoms with van der Waals surface area (Å²) in [7, 11) is 0. The number of nitriles is 1. The number of benzene rings is 2. The van der Waals surface area contributed by atoms with E-state index in [4.69, 9.17) is 5.26 Å². The third-order valence-corrected chi connectivity index (χ3v) is 3.75. The van der Waals surface area contributed by atoms with Crippen molar-refractivity contribution in [1.82, 2.24) is 14.5 Å². The van der Waals surface area contributed by atoms with Gasteiger partial charge in [-0.25, -0.2) is 9.97 Å². The summed E-state index contributed by atoms with van der Waals surface area (Å²) in [4.78, 5) is 8.70. The van der Waals surface area contributed by atoms with Gasteiger partial charge in [0.05, 0.1) is 16.6 Å². The van der Waals surface area contributed by atoms with Crippen LogP contribution in [0.25, 0.3) is 16.7 Å². The number of nitrogens with one attached hydrogen (secondary N) is 1. The lowest BCUT2D eigenvalue weighted by molar-refractivity contribution is 1.09. The predicted octanol–water partition coefficient (Wildman–Crippen LogP) is 4.04. The third kappa shape index (κ3) is 2.57. The van der Waals surface area contributed by atoms with Crippen molar-refractivity contribution < 1.29 is 0 Å². The van der Waals surface area contributed by atoms with Crippen LogP contribution in [0.15, 0.2) is 73.2 Å². The Labute approximate surface area is 138 Å². The molecule has 4 rings (SSSR count). The predicted molar refractivity (Wildman–Crippen MR) is 93.3 cm³/mol. The van der Waals surface area contributed by atoms with Gasteiger partial charge in [0, 0.05) is 17.6 Å². The van der Waals surface area contributed by atoms with Gasteiger partial charge in [-0.2, -0.15) is 5.26 Å². The molecule has 5 heteroatoms. The molecule has 0 fully saturated rings. The van der Waals surface area contributed by atoms with Gasteiger partial charge in [-0.1, -0.05) is 18.2 Å². The molecule has 0 amide bonds. The van der Waals surface area contributed by atoms with Crippen LogP contribution in [0.4, 0.5) is 11.5 Å². The Morgan fingerprint density at radius 3 is 2.58 bits per heavy atom. The summed E-state index contributed by atoms with van der Waals surface area (Å²) in [5.41, 5.74) is 4.46. The second-order valence-corrected chi connectivity index (χ2v) is 5.32. The fraction of sp³-hybridized carbons (Fsp3) is 0. The van der Waals surface area contributed by atoms with Gasteiger partial charge in [-0.3, -0.25) is 4.57 Å². The Hall–Kier alpha value is -3.65. The molecule has 0 saturated carbocycles. The maximum Gasteiger partial charge on any atom is 0.130 e. The average molecular weight is 311 g/mol. The molecule has 0 saturated heterocycles. The molecule has 24 heavy (non-hydrogen) atoms. The van der Waals surface area contributed by atoms with E-state index >= 15 is 0 Å². The first-order valence-electron chi connectivity index (χ1n) is 7.49.